The summed E-state index contributed by atoms with van der Waals surface area (Å²) < 4.78 is 0. The Morgan fingerprint density at radius 1 is 1.67 bits per heavy atom. The predicted molar refractivity (Wildman–Crippen MR) is 45.3 cm³/mol. The van der Waals surface area contributed by atoms with Crippen molar-refractivity contribution < 1.29 is 10.0 Å². The molecule has 0 bridgehead atoms. The fraction of sp³-hybridized carbons (Fsp3) is 0.750. The van der Waals surface area contributed by atoms with Crippen LogP contribution in [0.3, 0.4) is 0 Å². The third-order valence-electron chi connectivity index (χ3n) is 2.19. The molecule has 1 aliphatic rings. The summed E-state index contributed by atoms with van der Waals surface area (Å²) in [6, 6.07) is 0.00116. The van der Waals surface area contributed by atoms with Crippen LogP contribution in [-0.4, -0.2) is 34.8 Å². The molecule has 0 aromatic heterocycles. The molecule has 1 fully saturated rings. The SMILES string of the molecule is CC(=O)N1CCCCC1C=NO. The molecule has 0 saturated carbocycles. The lowest BCUT2D eigenvalue weighted by molar-refractivity contribution is -0.130. The Morgan fingerprint density at radius 2 is 2.42 bits per heavy atom. The molecule has 1 unspecified atom stereocenters. The van der Waals surface area contributed by atoms with E-state index in [9.17, 15) is 4.79 Å². The summed E-state index contributed by atoms with van der Waals surface area (Å²) >= 11 is 0. The fourth-order valence-corrected chi connectivity index (χ4v) is 1.58. The highest BCUT2D eigenvalue weighted by atomic mass is 16.4. The fourth-order valence-electron chi connectivity index (χ4n) is 1.58. The van der Waals surface area contributed by atoms with Crippen molar-refractivity contribution in [2.75, 3.05) is 6.54 Å². The Morgan fingerprint density at radius 3 is 3.00 bits per heavy atom. The van der Waals surface area contributed by atoms with Crippen molar-refractivity contribution in [1.82, 2.24) is 4.90 Å². The highest BCUT2D eigenvalue weighted by Gasteiger charge is 2.22. The van der Waals surface area contributed by atoms with Crippen molar-refractivity contribution >= 4 is 12.1 Å². The summed E-state index contributed by atoms with van der Waals surface area (Å²) in [7, 11) is 0. The van der Waals surface area contributed by atoms with E-state index in [1.807, 2.05) is 0 Å². The summed E-state index contributed by atoms with van der Waals surface area (Å²) in [5.74, 6) is 0.0552. The number of hydrogen-bond acceptors (Lipinski definition) is 3. The molecule has 68 valence electrons. The summed E-state index contributed by atoms with van der Waals surface area (Å²) in [6.45, 7) is 2.33. The molecular weight excluding hydrogens is 156 g/mol. The van der Waals surface area contributed by atoms with Gasteiger partial charge in [-0.3, -0.25) is 4.79 Å². The van der Waals surface area contributed by atoms with Crippen LogP contribution in [0.4, 0.5) is 0 Å². The number of likely N-dealkylation sites (tertiary alicyclic amines) is 1. The van der Waals surface area contributed by atoms with Crippen LogP contribution in [0.1, 0.15) is 26.2 Å². The second kappa shape index (κ2) is 4.09. The number of hydrogen-bond donors (Lipinski definition) is 1. The molecular formula is C8H14N2O2. The second-order valence-electron chi connectivity index (χ2n) is 3.04. The summed E-state index contributed by atoms with van der Waals surface area (Å²) in [5, 5.41) is 11.3. The van der Waals surface area contributed by atoms with Crippen molar-refractivity contribution in [3.63, 3.8) is 0 Å². The first-order chi connectivity index (χ1) is 5.75. The Hall–Kier alpha value is -1.06. The quantitative estimate of drug-likeness (QED) is 0.360. The first kappa shape index (κ1) is 9.03. The van der Waals surface area contributed by atoms with Gasteiger partial charge in [-0.05, 0) is 19.3 Å². The maximum atomic E-state index is 11.1. The van der Waals surface area contributed by atoms with Gasteiger partial charge in [0.05, 0.1) is 12.3 Å². The van der Waals surface area contributed by atoms with Gasteiger partial charge in [0, 0.05) is 13.5 Å². The molecule has 1 N–H and O–H groups in total. The molecule has 0 aliphatic carbocycles. The topological polar surface area (TPSA) is 52.9 Å². The van der Waals surface area contributed by atoms with Crippen molar-refractivity contribution in [2.24, 2.45) is 5.16 Å². The first-order valence-corrected chi connectivity index (χ1v) is 4.20. The Balaban J connectivity index is 2.60. The highest BCUT2D eigenvalue weighted by Crippen LogP contribution is 2.15. The zero-order chi connectivity index (χ0) is 8.97. The van der Waals surface area contributed by atoms with Gasteiger partial charge in [-0.25, -0.2) is 0 Å². The minimum Gasteiger partial charge on any atom is -0.411 e. The van der Waals surface area contributed by atoms with Gasteiger partial charge in [-0.2, -0.15) is 0 Å². The van der Waals surface area contributed by atoms with Gasteiger partial charge in [0.25, 0.3) is 0 Å². The molecule has 4 heteroatoms. The normalized spacial score (nSPS) is 24.8. The van der Waals surface area contributed by atoms with E-state index in [0.717, 1.165) is 25.8 Å². The maximum Gasteiger partial charge on any atom is 0.219 e. The third kappa shape index (κ3) is 1.96. The number of rotatable bonds is 1. The minimum atomic E-state index is 0.00116. The van der Waals surface area contributed by atoms with E-state index in [1.165, 1.54) is 6.21 Å². The lowest BCUT2D eigenvalue weighted by atomic mass is 10.0. The van der Waals surface area contributed by atoms with E-state index in [-0.39, 0.29) is 11.9 Å². The monoisotopic (exact) mass is 170 g/mol. The number of oxime groups is 1. The minimum absolute atomic E-state index is 0.00116. The van der Waals surface area contributed by atoms with Crippen molar-refractivity contribution in [1.29, 1.82) is 0 Å². The van der Waals surface area contributed by atoms with Crippen molar-refractivity contribution in [3.8, 4) is 0 Å². The van der Waals surface area contributed by atoms with E-state index in [0.29, 0.717) is 0 Å². The highest BCUT2D eigenvalue weighted by molar-refractivity contribution is 5.78. The zero-order valence-electron chi connectivity index (χ0n) is 7.23. The second-order valence-corrected chi connectivity index (χ2v) is 3.04. The van der Waals surface area contributed by atoms with E-state index in [4.69, 9.17) is 5.21 Å². The van der Waals surface area contributed by atoms with Gasteiger partial charge >= 0.3 is 0 Å². The molecule has 0 aromatic rings. The molecule has 0 radical (unpaired) electrons. The summed E-state index contributed by atoms with van der Waals surface area (Å²) in [5.41, 5.74) is 0. The van der Waals surface area contributed by atoms with Gasteiger partial charge < -0.3 is 10.1 Å². The van der Waals surface area contributed by atoms with Crippen LogP contribution >= 0.6 is 0 Å². The van der Waals surface area contributed by atoms with Crippen LogP contribution in [0.2, 0.25) is 0 Å². The van der Waals surface area contributed by atoms with Crippen LogP contribution in [0.15, 0.2) is 5.16 Å². The Kier molecular flexibility index (Phi) is 3.08. The van der Waals surface area contributed by atoms with Crippen molar-refractivity contribution in [3.05, 3.63) is 0 Å². The van der Waals surface area contributed by atoms with E-state index in [2.05, 4.69) is 5.16 Å². The van der Waals surface area contributed by atoms with Crippen LogP contribution in [0.25, 0.3) is 0 Å². The smallest absolute Gasteiger partial charge is 0.219 e. The van der Waals surface area contributed by atoms with Gasteiger partial charge in [0.2, 0.25) is 5.91 Å². The third-order valence-corrected chi connectivity index (χ3v) is 2.19. The van der Waals surface area contributed by atoms with Crippen LogP contribution < -0.4 is 0 Å². The Bertz CT molecular complexity index is 191. The van der Waals surface area contributed by atoms with E-state index >= 15 is 0 Å². The van der Waals surface area contributed by atoms with E-state index in [1.54, 1.807) is 11.8 Å². The lowest BCUT2D eigenvalue weighted by Crippen LogP contribution is -2.43. The molecule has 1 saturated heterocycles. The number of amides is 1. The molecule has 1 aliphatic heterocycles. The largest absolute Gasteiger partial charge is 0.411 e. The summed E-state index contributed by atoms with van der Waals surface area (Å²) in [6.07, 6.45) is 4.49. The maximum absolute atomic E-state index is 11.1. The molecule has 4 nitrogen and oxygen atoms in total. The summed E-state index contributed by atoms with van der Waals surface area (Å²) in [4.78, 5) is 12.8. The van der Waals surface area contributed by atoms with Crippen LogP contribution in [-0.2, 0) is 4.79 Å². The molecule has 1 rings (SSSR count). The molecule has 1 atom stereocenters. The number of carbonyl (C=O) groups excluding carboxylic acids is 1. The Labute approximate surface area is 71.9 Å². The van der Waals surface area contributed by atoms with E-state index < -0.39 is 0 Å². The lowest BCUT2D eigenvalue weighted by Gasteiger charge is -2.32. The van der Waals surface area contributed by atoms with Crippen LogP contribution in [0, 0.1) is 0 Å². The van der Waals surface area contributed by atoms with Crippen molar-refractivity contribution in [2.45, 2.75) is 32.2 Å². The molecule has 0 spiro atoms. The molecule has 12 heavy (non-hydrogen) atoms. The number of piperidine rings is 1. The average Bonchev–Trinajstić information content (AvgIpc) is 2.05. The van der Waals surface area contributed by atoms with Gasteiger partial charge in [0.15, 0.2) is 0 Å². The van der Waals surface area contributed by atoms with Gasteiger partial charge in [-0.15, -0.1) is 0 Å². The zero-order valence-corrected chi connectivity index (χ0v) is 7.23. The first-order valence-electron chi connectivity index (χ1n) is 4.20. The van der Waals surface area contributed by atoms with Gasteiger partial charge in [-0.1, -0.05) is 5.16 Å². The standard InChI is InChI=1S/C8H14N2O2/c1-7(11)10-5-3-2-4-8(10)6-9-12/h6,8,12H,2-5H2,1H3. The molecule has 1 heterocycles. The number of nitrogens with zero attached hydrogens (tertiary/aromatic N) is 2. The molecule has 0 aromatic carbocycles. The number of carbonyl (C=O) groups is 1. The predicted octanol–water partition coefficient (Wildman–Crippen LogP) is 0.847. The molecule has 1 amide bonds. The van der Waals surface area contributed by atoms with Gasteiger partial charge in [0.1, 0.15) is 0 Å². The average molecular weight is 170 g/mol. The van der Waals surface area contributed by atoms with Crippen LogP contribution in [0.5, 0.6) is 0 Å².